The monoisotopic (exact) mass is 386 g/mol. The molecule has 0 aliphatic heterocycles. The highest BCUT2D eigenvalue weighted by Crippen LogP contribution is 2.34. The second kappa shape index (κ2) is 10.5. The van der Waals surface area contributed by atoms with Crippen molar-refractivity contribution in [2.45, 2.75) is 40.2 Å². The van der Waals surface area contributed by atoms with Crippen LogP contribution in [0.5, 0.6) is 11.5 Å². The zero-order chi connectivity index (χ0) is 17.2. The largest absolute Gasteiger partial charge is 0.490 e. The lowest BCUT2D eigenvalue weighted by molar-refractivity contribution is -0.120. The summed E-state index contributed by atoms with van der Waals surface area (Å²) in [7, 11) is 0. The lowest BCUT2D eigenvalue weighted by Gasteiger charge is -2.15. The van der Waals surface area contributed by atoms with Crippen molar-refractivity contribution in [1.82, 2.24) is 10.6 Å². The number of hydrogen-bond acceptors (Lipinski definition) is 4. The Balaban J connectivity index is 2.75. The third kappa shape index (κ3) is 6.79. The molecule has 1 atom stereocenters. The molecule has 23 heavy (non-hydrogen) atoms. The van der Waals surface area contributed by atoms with Gasteiger partial charge in [-0.15, -0.1) is 0 Å². The molecule has 2 N–H and O–H groups in total. The van der Waals surface area contributed by atoms with Crippen molar-refractivity contribution < 1.29 is 14.3 Å². The first-order valence-corrected chi connectivity index (χ1v) is 8.89. The summed E-state index contributed by atoms with van der Waals surface area (Å²) >= 11 is 3.51. The van der Waals surface area contributed by atoms with Gasteiger partial charge in [-0.05, 0) is 45.0 Å². The average molecular weight is 387 g/mol. The van der Waals surface area contributed by atoms with Gasteiger partial charge >= 0.3 is 0 Å². The predicted octanol–water partition coefficient (Wildman–Crippen LogP) is 2.90. The number of carbonyl (C=O) groups excluding carboxylic acids is 1. The Morgan fingerprint density at radius 3 is 2.35 bits per heavy atom. The molecule has 0 aromatic heterocycles. The van der Waals surface area contributed by atoms with Crippen LogP contribution < -0.4 is 20.1 Å². The van der Waals surface area contributed by atoms with Crippen LogP contribution in [0.15, 0.2) is 16.6 Å². The van der Waals surface area contributed by atoms with Gasteiger partial charge in [0.15, 0.2) is 11.5 Å². The van der Waals surface area contributed by atoms with E-state index in [4.69, 9.17) is 9.47 Å². The van der Waals surface area contributed by atoms with E-state index in [0.717, 1.165) is 16.6 Å². The summed E-state index contributed by atoms with van der Waals surface area (Å²) in [6.45, 7) is 10.6. The molecule has 0 aliphatic rings. The first kappa shape index (κ1) is 19.8. The number of hydrogen-bond donors (Lipinski definition) is 2. The second-order valence-electron chi connectivity index (χ2n) is 5.20. The molecule has 5 nitrogen and oxygen atoms in total. The summed E-state index contributed by atoms with van der Waals surface area (Å²) in [5.41, 5.74) is 0.880. The van der Waals surface area contributed by atoms with Crippen molar-refractivity contribution >= 4 is 21.8 Å². The van der Waals surface area contributed by atoms with E-state index in [-0.39, 0.29) is 11.9 Å². The normalized spacial score (nSPS) is 11.9. The van der Waals surface area contributed by atoms with Gasteiger partial charge in [0.25, 0.3) is 0 Å². The second-order valence-corrected chi connectivity index (χ2v) is 6.05. The third-order valence-corrected chi connectivity index (χ3v) is 3.96. The maximum Gasteiger partial charge on any atom is 0.224 e. The Bertz CT molecular complexity index is 509. The minimum atomic E-state index is -0.0120. The Morgan fingerprint density at radius 1 is 1.17 bits per heavy atom. The molecule has 0 spiro atoms. The number of rotatable bonds is 10. The van der Waals surface area contributed by atoms with E-state index in [1.54, 1.807) is 0 Å². The van der Waals surface area contributed by atoms with Crippen LogP contribution in [0.4, 0.5) is 0 Å². The highest BCUT2D eigenvalue weighted by atomic mass is 79.9. The molecule has 0 heterocycles. The number of carbonyl (C=O) groups is 1. The van der Waals surface area contributed by atoms with E-state index in [9.17, 15) is 4.79 Å². The SMILES string of the molecule is CCN[C@H](C)CNC(=O)Cc1cc(OCC)c(OCC)cc1Br. The van der Waals surface area contributed by atoms with Gasteiger partial charge in [-0.2, -0.15) is 0 Å². The van der Waals surface area contributed by atoms with Crippen molar-refractivity contribution in [1.29, 1.82) is 0 Å². The summed E-state index contributed by atoms with van der Waals surface area (Å²) in [5.74, 6) is 1.34. The molecule has 0 unspecified atom stereocenters. The van der Waals surface area contributed by atoms with Crippen molar-refractivity contribution in [3.05, 3.63) is 22.2 Å². The fraction of sp³-hybridized carbons (Fsp3) is 0.588. The van der Waals surface area contributed by atoms with E-state index >= 15 is 0 Å². The minimum absolute atomic E-state index is 0.0120. The number of halogens is 1. The molecular formula is C17H27BrN2O3. The fourth-order valence-corrected chi connectivity index (χ4v) is 2.63. The average Bonchev–Trinajstić information content (AvgIpc) is 2.50. The van der Waals surface area contributed by atoms with Crippen molar-refractivity contribution in [3.63, 3.8) is 0 Å². The van der Waals surface area contributed by atoms with Crippen LogP contribution in [0.2, 0.25) is 0 Å². The predicted molar refractivity (Wildman–Crippen MR) is 96.3 cm³/mol. The highest BCUT2D eigenvalue weighted by molar-refractivity contribution is 9.10. The molecule has 0 fully saturated rings. The lowest BCUT2D eigenvalue weighted by Crippen LogP contribution is -2.39. The number of benzene rings is 1. The van der Waals surface area contributed by atoms with Gasteiger partial charge in [0.1, 0.15) is 0 Å². The molecule has 0 radical (unpaired) electrons. The summed E-state index contributed by atoms with van der Waals surface area (Å²) in [6.07, 6.45) is 0.298. The summed E-state index contributed by atoms with van der Waals surface area (Å²) in [4.78, 5) is 12.1. The van der Waals surface area contributed by atoms with Crippen LogP contribution in [0, 0.1) is 0 Å². The molecule has 6 heteroatoms. The summed E-state index contributed by atoms with van der Waals surface area (Å²) in [6, 6.07) is 3.98. The number of amides is 1. The van der Waals surface area contributed by atoms with E-state index in [2.05, 4.69) is 26.6 Å². The lowest BCUT2D eigenvalue weighted by atomic mass is 10.1. The maximum atomic E-state index is 12.1. The molecule has 1 rings (SSSR count). The number of likely N-dealkylation sites (N-methyl/N-ethyl adjacent to an activating group) is 1. The first-order valence-electron chi connectivity index (χ1n) is 8.09. The molecule has 1 amide bonds. The summed E-state index contributed by atoms with van der Waals surface area (Å²) in [5, 5.41) is 6.20. The van der Waals surface area contributed by atoms with Crippen molar-refractivity contribution in [2.75, 3.05) is 26.3 Å². The molecule has 1 aromatic rings. The Morgan fingerprint density at radius 2 is 1.78 bits per heavy atom. The van der Waals surface area contributed by atoms with E-state index in [1.165, 1.54) is 0 Å². The zero-order valence-corrected chi connectivity index (χ0v) is 16.0. The molecule has 0 bridgehead atoms. The van der Waals surface area contributed by atoms with Crippen molar-refractivity contribution in [3.8, 4) is 11.5 Å². The first-order chi connectivity index (χ1) is 11.0. The molecular weight excluding hydrogens is 360 g/mol. The minimum Gasteiger partial charge on any atom is -0.490 e. The van der Waals surface area contributed by atoms with Gasteiger partial charge in [-0.25, -0.2) is 0 Å². The van der Waals surface area contributed by atoms with Gasteiger partial charge in [0, 0.05) is 17.1 Å². The molecule has 0 aliphatic carbocycles. The van der Waals surface area contributed by atoms with Crippen LogP contribution in [-0.2, 0) is 11.2 Å². The molecule has 0 saturated heterocycles. The van der Waals surface area contributed by atoms with Crippen LogP contribution in [0.3, 0.4) is 0 Å². The highest BCUT2D eigenvalue weighted by Gasteiger charge is 2.14. The Hall–Kier alpha value is -1.27. The number of ether oxygens (including phenoxy) is 2. The van der Waals surface area contributed by atoms with Crippen LogP contribution in [0.1, 0.15) is 33.3 Å². The molecule has 0 saturated carbocycles. The van der Waals surface area contributed by atoms with E-state index < -0.39 is 0 Å². The zero-order valence-electron chi connectivity index (χ0n) is 14.4. The van der Waals surface area contributed by atoms with Crippen LogP contribution in [-0.4, -0.2) is 38.3 Å². The topological polar surface area (TPSA) is 59.6 Å². The van der Waals surface area contributed by atoms with Gasteiger partial charge in [-0.1, -0.05) is 22.9 Å². The van der Waals surface area contributed by atoms with Crippen molar-refractivity contribution in [2.24, 2.45) is 0 Å². The Kier molecular flexibility index (Phi) is 9.02. The number of nitrogens with one attached hydrogen (secondary N) is 2. The van der Waals surface area contributed by atoms with E-state index in [1.807, 2.05) is 39.8 Å². The van der Waals surface area contributed by atoms with Gasteiger partial charge in [-0.3, -0.25) is 4.79 Å². The molecule has 1 aromatic carbocycles. The van der Waals surface area contributed by atoms with Gasteiger partial charge in [0.05, 0.1) is 19.6 Å². The quantitative estimate of drug-likeness (QED) is 0.648. The van der Waals surface area contributed by atoms with Crippen LogP contribution >= 0.6 is 15.9 Å². The van der Waals surface area contributed by atoms with Gasteiger partial charge in [0.2, 0.25) is 5.91 Å². The maximum absolute atomic E-state index is 12.1. The van der Waals surface area contributed by atoms with Crippen LogP contribution in [0.25, 0.3) is 0 Å². The summed E-state index contributed by atoms with van der Waals surface area (Å²) < 4.78 is 12.0. The van der Waals surface area contributed by atoms with Gasteiger partial charge < -0.3 is 20.1 Å². The molecule has 130 valence electrons. The third-order valence-electron chi connectivity index (χ3n) is 3.22. The standard InChI is InChI=1S/C17H27BrN2O3/c1-5-19-12(4)11-20-17(21)9-13-8-15(22-6-2)16(23-7-3)10-14(13)18/h8,10,12,19H,5-7,9,11H2,1-4H3,(H,20,21)/t12-/m1/s1. The smallest absolute Gasteiger partial charge is 0.224 e. The Labute approximate surface area is 147 Å². The van der Waals surface area contributed by atoms with E-state index in [0.29, 0.717) is 37.7 Å². The fourth-order valence-electron chi connectivity index (χ4n) is 2.17.